The Labute approximate surface area is 126 Å². The van der Waals surface area contributed by atoms with E-state index in [2.05, 4.69) is 10.1 Å². The van der Waals surface area contributed by atoms with E-state index in [1.54, 1.807) is 14.0 Å². The number of nitrogens with zero attached hydrogens (tertiary/aromatic N) is 1. The molecule has 1 amide bonds. The quantitative estimate of drug-likeness (QED) is 0.614. The standard InChI is InChI=1S/C12H25N3O5S/c1-3-20-12(16)14-21(17,18)15-8-5-4-6-11(15)10-13-7-9-19-2/h11,13H,3-10H2,1-2H3,(H,14,16). The highest BCUT2D eigenvalue weighted by molar-refractivity contribution is 7.87. The first-order valence-corrected chi connectivity index (χ1v) is 8.61. The maximum Gasteiger partial charge on any atom is 0.421 e. The molecule has 0 saturated carbocycles. The van der Waals surface area contributed by atoms with E-state index < -0.39 is 16.3 Å². The van der Waals surface area contributed by atoms with Crippen LogP contribution in [0.5, 0.6) is 0 Å². The number of carbonyl (C=O) groups is 1. The molecule has 1 aliphatic rings. The van der Waals surface area contributed by atoms with Crippen molar-refractivity contribution in [1.82, 2.24) is 14.3 Å². The van der Waals surface area contributed by atoms with Crippen molar-refractivity contribution in [3.05, 3.63) is 0 Å². The summed E-state index contributed by atoms with van der Waals surface area (Å²) >= 11 is 0. The van der Waals surface area contributed by atoms with Crippen molar-refractivity contribution in [2.24, 2.45) is 0 Å². The third kappa shape index (κ3) is 6.16. The Kier molecular flexibility index (Phi) is 7.94. The Balaban J connectivity index is 2.59. The normalized spacial score (nSPS) is 20.2. The molecule has 8 nitrogen and oxygen atoms in total. The van der Waals surface area contributed by atoms with Gasteiger partial charge in [-0.15, -0.1) is 0 Å². The smallest absolute Gasteiger partial charge is 0.421 e. The number of ether oxygens (including phenoxy) is 2. The fourth-order valence-corrected chi connectivity index (χ4v) is 3.59. The molecule has 0 aromatic carbocycles. The summed E-state index contributed by atoms with van der Waals surface area (Å²) in [5, 5.41) is 3.16. The Bertz CT molecular complexity index is 415. The van der Waals surface area contributed by atoms with E-state index >= 15 is 0 Å². The molecule has 9 heteroatoms. The molecule has 0 aliphatic carbocycles. The van der Waals surface area contributed by atoms with E-state index in [4.69, 9.17) is 4.74 Å². The van der Waals surface area contributed by atoms with Gasteiger partial charge < -0.3 is 14.8 Å². The molecule has 21 heavy (non-hydrogen) atoms. The molecule has 0 aromatic rings. The van der Waals surface area contributed by atoms with Crippen molar-refractivity contribution in [3.8, 4) is 0 Å². The van der Waals surface area contributed by atoms with Crippen molar-refractivity contribution in [2.75, 3.05) is 40.0 Å². The highest BCUT2D eigenvalue weighted by Gasteiger charge is 2.33. The van der Waals surface area contributed by atoms with Crippen LogP contribution in [0.15, 0.2) is 0 Å². The number of hydrogen-bond donors (Lipinski definition) is 2. The van der Waals surface area contributed by atoms with Gasteiger partial charge in [0.2, 0.25) is 0 Å². The summed E-state index contributed by atoms with van der Waals surface area (Å²) in [4.78, 5) is 11.3. The Morgan fingerprint density at radius 3 is 2.81 bits per heavy atom. The lowest BCUT2D eigenvalue weighted by Gasteiger charge is -2.34. The van der Waals surface area contributed by atoms with E-state index in [0.717, 1.165) is 19.3 Å². The molecule has 0 radical (unpaired) electrons. The van der Waals surface area contributed by atoms with Gasteiger partial charge in [-0.25, -0.2) is 9.52 Å². The van der Waals surface area contributed by atoms with E-state index in [-0.39, 0.29) is 12.6 Å². The number of piperidine rings is 1. The number of carbonyl (C=O) groups excluding carboxylic acids is 1. The molecule has 1 aliphatic heterocycles. The molecule has 2 N–H and O–H groups in total. The van der Waals surface area contributed by atoms with Gasteiger partial charge in [-0.2, -0.15) is 12.7 Å². The molecule has 0 spiro atoms. The molecule has 0 bridgehead atoms. The molecule has 1 heterocycles. The lowest BCUT2D eigenvalue weighted by atomic mass is 10.1. The highest BCUT2D eigenvalue weighted by atomic mass is 32.2. The van der Waals surface area contributed by atoms with E-state index in [9.17, 15) is 13.2 Å². The van der Waals surface area contributed by atoms with Crippen molar-refractivity contribution >= 4 is 16.3 Å². The maximum absolute atomic E-state index is 12.2. The second-order valence-corrected chi connectivity index (χ2v) is 6.41. The van der Waals surface area contributed by atoms with E-state index in [1.165, 1.54) is 4.31 Å². The van der Waals surface area contributed by atoms with Gasteiger partial charge in [0.1, 0.15) is 0 Å². The SMILES string of the molecule is CCOC(=O)NS(=O)(=O)N1CCCCC1CNCCOC. The zero-order valence-corrected chi connectivity index (χ0v) is 13.4. The lowest BCUT2D eigenvalue weighted by molar-refractivity contribution is 0.156. The van der Waals surface area contributed by atoms with Crippen LogP contribution in [-0.2, 0) is 19.7 Å². The van der Waals surface area contributed by atoms with Crippen LogP contribution in [0.3, 0.4) is 0 Å². The van der Waals surface area contributed by atoms with Gasteiger partial charge in [0.05, 0.1) is 13.2 Å². The first kappa shape index (κ1) is 18.1. The molecule has 0 aromatic heterocycles. The molecule has 1 fully saturated rings. The van der Waals surface area contributed by atoms with Crippen LogP contribution in [0.2, 0.25) is 0 Å². The summed E-state index contributed by atoms with van der Waals surface area (Å²) in [5.41, 5.74) is 0. The number of nitrogens with one attached hydrogen (secondary N) is 2. The van der Waals surface area contributed by atoms with Crippen LogP contribution in [0.1, 0.15) is 26.2 Å². The Morgan fingerprint density at radius 2 is 2.14 bits per heavy atom. The third-order valence-electron chi connectivity index (χ3n) is 3.23. The molecule has 124 valence electrons. The summed E-state index contributed by atoms with van der Waals surface area (Å²) in [6, 6.07) is -0.164. The summed E-state index contributed by atoms with van der Waals surface area (Å²) in [6.07, 6.45) is 1.60. The monoisotopic (exact) mass is 323 g/mol. The average Bonchev–Trinajstić information content (AvgIpc) is 2.43. The Morgan fingerprint density at radius 1 is 1.38 bits per heavy atom. The van der Waals surface area contributed by atoms with E-state index in [0.29, 0.717) is 26.2 Å². The second kappa shape index (κ2) is 9.19. The minimum Gasteiger partial charge on any atom is -0.449 e. The number of rotatable bonds is 8. The summed E-state index contributed by atoms with van der Waals surface area (Å²) in [5.74, 6) is 0. The topological polar surface area (TPSA) is 97.0 Å². The van der Waals surface area contributed by atoms with Gasteiger partial charge >= 0.3 is 16.3 Å². The van der Waals surface area contributed by atoms with E-state index in [1.807, 2.05) is 4.72 Å². The van der Waals surface area contributed by atoms with Gasteiger partial charge in [-0.3, -0.25) is 0 Å². The van der Waals surface area contributed by atoms with Crippen molar-refractivity contribution in [3.63, 3.8) is 0 Å². The molecular weight excluding hydrogens is 298 g/mol. The van der Waals surface area contributed by atoms with Gasteiger partial charge in [0.25, 0.3) is 0 Å². The van der Waals surface area contributed by atoms with Crippen LogP contribution in [-0.4, -0.2) is 64.8 Å². The van der Waals surface area contributed by atoms with Crippen LogP contribution in [0, 0.1) is 0 Å². The van der Waals surface area contributed by atoms with Crippen LogP contribution >= 0.6 is 0 Å². The summed E-state index contributed by atoms with van der Waals surface area (Å²) in [6.45, 7) is 3.92. The molecule has 1 atom stereocenters. The number of amides is 1. The van der Waals surface area contributed by atoms with Gasteiger partial charge in [0, 0.05) is 32.8 Å². The largest absolute Gasteiger partial charge is 0.449 e. The molecular formula is C12H25N3O5S. The zero-order chi connectivity index (χ0) is 15.7. The number of hydrogen-bond acceptors (Lipinski definition) is 6. The van der Waals surface area contributed by atoms with Crippen molar-refractivity contribution < 1.29 is 22.7 Å². The lowest BCUT2D eigenvalue weighted by Crippen LogP contribution is -2.53. The fraction of sp³-hybridized carbons (Fsp3) is 0.917. The van der Waals surface area contributed by atoms with Crippen LogP contribution in [0.25, 0.3) is 0 Å². The van der Waals surface area contributed by atoms with Gasteiger partial charge in [0.15, 0.2) is 0 Å². The van der Waals surface area contributed by atoms with Crippen molar-refractivity contribution in [2.45, 2.75) is 32.2 Å². The predicted octanol–water partition coefficient (Wildman–Crippen LogP) is 0.0678. The third-order valence-corrected chi connectivity index (χ3v) is 4.76. The summed E-state index contributed by atoms with van der Waals surface area (Å²) in [7, 11) is -2.25. The average molecular weight is 323 g/mol. The minimum absolute atomic E-state index is 0.128. The van der Waals surface area contributed by atoms with Gasteiger partial charge in [-0.1, -0.05) is 6.42 Å². The molecule has 1 unspecified atom stereocenters. The first-order chi connectivity index (χ1) is 10.0. The first-order valence-electron chi connectivity index (χ1n) is 7.17. The van der Waals surface area contributed by atoms with Crippen LogP contribution in [0.4, 0.5) is 4.79 Å². The van der Waals surface area contributed by atoms with Crippen molar-refractivity contribution in [1.29, 1.82) is 0 Å². The maximum atomic E-state index is 12.2. The Hall–Kier alpha value is -0.900. The molecule has 1 rings (SSSR count). The second-order valence-electron chi connectivity index (χ2n) is 4.78. The minimum atomic E-state index is -3.86. The van der Waals surface area contributed by atoms with Crippen LogP contribution < -0.4 is 10.0 Å². The predicted molar refractivity (Wildman–Crippen MR) is 78.2 cm³/mol. The zero-order valence-electron chi connectivity index (χ0n) is 12.6. The van der Waals surface area contributed by atoms with Gasteiger partial charge in [-0.05, 0) is 19.8 Å². The molecule has 1 saturated heterocycles. The highest BCUT2D eigenvalue weighted by Crippen LogP contribution is 2.19. The number of methoxy groups -OCH3 is 1. The summed E-state index contributed by atoms with van der Waals surface area (Å²) < 4.78 is 37.3. The fourth-order valence-electron chi connectivity index (χ4n) is 2.26.